The highest BCUT2D eigenvalue weighted by Crippen LogP contribution is 2.20. The van der Waals surface area contributed by atoms with Crippen LogP contribution in [0.15, 0.2) is 24.7 Å². The van der Waals surface area contributed by atoms with E-state index in [1.165, 1.54) is 24.7 Å². The van der Waals surface area contributed by atoms with Gasteiger partial charge >= 0.3 is 6.18 Å². The van der Waals surface area contributed by atoms with Gasteiger partial charge in [0.15, 0.2) is 6.61 Å². The lowest BCUT2D eigenvalue weighted by Crippen LogP contribution is -2.22. The standard InChI is InChI=1S/C10H8F3N5O2/c11-10(12,13)4-20-8-6(2-1-3-14-8)7(19)17-9-15-5-16-18-9/h1-3,5H,4H2,(H2,15,16,17,18,19). The molecular formula is C10H8F3N5O2. The molecule has 0 aliphatic carbocycles. The summed E-state index contributed by atoms with van der Waals surface area (Å²) >= 11 is 0. The smallest absolute Gasteiger partial charge is 0.422 e. The highest BCUT2D eigenvalue weighted by Gasteiger charge is 2.29. The van der Waals surface area contributed by atoms with Crippen LogP contribution in [0, 0.1) is 0 Å². The van der Waals surface area contributed by atoms with Gasteiger partial charge in [-0.25, -0.2) is 10.1 Å². The quantitative estimate of drug-likeness (QED) is 0.886. The van der Waals surface area contributed by atoms with E-state index in [9.17, 15) is 18.0 Å². The fraction of sp³-hybridized carbons (Fsp3) is 0.200. The molecule has 0 atom stereocenters. The molecule has 0 radical (unpaired) electrons. The van der Waals surface area contributed by atoms with E-state index in [1.54, 1.807) is 0 Å². The average molecular weight is 287 g/mol. The Kier molecular flexibility index (Phi) is 3.82. The topological polar surface area (TPSA) is 92.8 Å². The molecule has 2 aromatic heterocycles. The second kappa shape index (κ2) is 5.55. The van der Waals surface area contributed by atoms with Crippen molar-refractivity contribution in [2.24, 2.45) is 0 Å². The number of nitrogens with one attached hydrogen (secondary N) is 2. The van der Waals surface area contributed by atoms with Crippen molar-refractivity contribution in [2.75, 3.05) is 11.9 Å². The Labute approximate surface area is 110 Å². The molecule has 0 fully saturated rings. The Morgan fingerprint density at radius 1 is 1.40 bits per heavy atom. The number of pyridine rings is 1. The first-order valence-electron chi connectivity index (χ1n) is 5.27. The lowest BCUT2D eigenvalue weighted by molar-refractivity contribution is -0.154. The molecule has 2 aromatic rings. The number of alkyl halides is 3. The third kappa shape index (κ3) is 3.67. The van der Waals surface area contributed by atoms with Crippen LogP contribution >= 0.6 is 0 Å². The summed E-state index contributed by atoms with van der Waals surface area (Å²) in [5.41, 5.74) is -0.145. The first-order chi connectivity index (χ1) is 9.46. The molecular weight excluding hydrogens is 279 g/mol. The van der Waals surface area contributed by atoms with Crippen molar-refractivity contribution >= 4 is 11.9 Å². The van der Waals surface area contributed by atoms with E-state index in [-0.39, 0.29) is 11.5 Å². The molecule has 7 nitrogen and oxygen atoms in total. The van der Waals surface area contributed by atoms with E-state index < -0.39 is 24.6 Å². The molecule has 0 aliphatic rings. The molecule has 0 saturated heterocycles. The van der Waals surface area contributed by atoms with Gasteiger partial charge in [-0.2, -0.15) is 23.3 Å². The number of anilines is 1. The summed E-state index contributed by atoms with van der Waals surface area (Å²) in [5.74, 6) is -1.07. The highest BCUT2D eigenvalue weighted by atomic mass is 19.4. The summed E-state index contributed by atoms with van der Waals surface area (Å²) in [4.78, 5) is 19.1. The summed E-state index contributed by atoms with van der Waals surface area (Å²) in [6.45, 7) is -1.54. The van der Waals surface area contributed by atoms with Gasteiger partial charge in [-0.1, -0.05) is 0 Å². The van der Waals surface area contributed by atoms with Crippen LogP contribution in [0.3, 0.4) is 0 Å². The van der Waals surface area contributed by atoms with Crippen LogP contribution in [0.1, 0.15) is 10.4 Å². The van der Waals surface area contributed by atoms with Gasteiger partial charge in [0.1, 0.15) is 11.9 Å². The van der Waals surface area contributed by atoms with Gasteiger partial charge in [-0.3, -0.25) is 10.1 Å². The molecule has 1 amide bonds. The number of nitrogens with zero attached hydrogens (tertiary/aromatic N) is 3. The normalized spacial score (nSPS) is 11.2. The molecule has 0 spiro atoms. The van der Waals surface area contributed by atoms with Crippen molar-refractivity contribution in [2.45, 2.75) is 6.18 Å². The third-order valence-electron chi connectivity index (χ3n) is 2.04. The van der Waals surface area contributed by atoms with Crippen molar-refractivity contribution in [3.63, 3.8) is 0 Å². The van der Waals surface area contributed by atoms with Gasteiger partial charge < -0.3 is 4.74 Å². The van der Waals surface area contributed by atoms with E-state index in [0.717, 1.165) is 0 Å². The first-order valence-corrected chi connectivity index (χ1v) is 5.27. The second-order valence-corrected chi connectivity index (χ2v) is 3.55. The molecule has 0 aliphatic heterocycles. The number of rotatable bonds is 4. The summed E-state index contributed by atoms with van der Waals surface area (Å²) in [7, 11) is 0. The van der Waals surface area contributed by atoms with Crippen LogP contribution in [0.25, 0.3) is 0 Å². The Morgan fingerprint density at radius 3 is 2.85 bits per heavy atom. The SMILES string of the molecule is O=C(Nc1ncn[nH]1)c1cccnc1OCC(F)(F)F. The minimum atomic E-state index is -4.52. The molecule has 2 N–H and O–H groups in total. The van der Waals surface area contributed by atoms with Crippen LogP contribution in [-0.4, -0.2) is 38.9 Å². The summed E-state index contributed by atoms with van der Waals surface area (Å²) in [6.07, 6.45) is -2.13. The van der Waals surface area contributed by atoms with Crippen LogP contribution in [0.4, 0.5) is 19.1 Å². The number of halogens is 3. The molecule has 0 aromatic carbocycles. The maximum absolute atomic E-state index is 12.1. The number of carbonyl (C=O) groups is 1. The number of amides is 1. The molecule has 2 heterocycles. The minimum absolute atomic E-state index is 0.0561. The molecule has 0 bridgehead atoms. The zero-order valence-electron chi connectivity index (χ0n) is 9.81. The highest BCUT2D eigenvalue weighted by molar-refractivity contribution is 6.04. The van der Waals surface area contributed by atoms with E-state index in [2.05, 4.69) is 30.2 Å². The molecule has 106 valence electrons. The lowest BCUT2D eigenvalue weighted by atomic mass is 10.2. The van der Waals surface area contributed by atoms with Crippen molar-refractivity contribution in [1.29, 1.82) is 0 Å². The average Bonchev–Trinajstić information content (AvgIpc) is 2.88. The number of ether oxygens (including phenoxy) is 1. The number of hydrogen-bond donors (Lipinski definition) is 2. The van der Waals surface area contributed by atoms with Crippen molar-refractivity contribution in [3.8, 4) is 5.88 Å². The maximum Gasteiger partial charge on any atom is 0.422 e. The largest absolute Gasteiger partial charge is 0.467 e. The fourth-order valence-corrected chi connectivity index (χ4v) is 1.27. The Bertz CT molecular complexity index is 585. The van der Waals surface area contributed by atoms with Crippen molar-refractivity contribution in [3.05, 3.63) is 30.2 Å². The van der Waals surface area contributed by atoms with Gasteiger partial charge in [-0.05, 0) is 12.1 Å². The predicted octanol–water partition coefficient (Wildman–Crippen LogP) is 1.39. The number of H-pyrrole nitrogens is 1. The molecule has 2 rings (SSSR count). The lowest BCUT2D eigenvalue weighted by Gasteiger charge is -2.11. The van der Waals surface area contributed by atoms with E-state index in [0.29, 0.717) is 0 Å². The van der Waals surface area contributed by atoms with Gasteiger partial charge in [0.25, 0.3) is 5.91 Å². The van der Waals surface area contributed by atoms with E-state index >= 15 is 0 Å². The van der Waals surface area contributed by atoms with Crippen molar-refractivity contribution < 1.29 is 22.7 Å². The Morgan fingerprint density at radius 2 is 2.20 bits per heavy atom. The maximum atomic E-state index is 12.1. The van der Waals surface area contributed by atoms with Crippen LogP contribution in [0.2, 0.25) is 0 Å². The van der Waals surface area contributed by atoms with Crippen molar-refractivity contribution in [1.82, 2.24) is 20.2 Å². The number of aromatic nitrogens is 4. The number of aromatic amines is 1. The van der Waals surface area contributed by atoms with E-state index in [1.807, 2.05) is 0 Å². The third-order valence-corrected chi connectivity index (χ3v) is 2.04. The molecule has 20 heavy (non-hydrogen) atoms. The first kappa shape index (κ1) is 13.8. The molecule has 0 saturated carbocycles. The van der Waals surface area contributed by atoms with Gasteiger partial charge in [0.05, 0.1) is 0 Å². The van der Waals surface area contributed by atoms with Gasteiger partial charge in [0, 0.05) is 6.20 Å². The monoisotopic (exact) mass is 287 g/mol. The van der Waals surface area contributed by atoms with Crippen LogP contribution in [0.5, 0.6) is 5.88 Å². The van der Waals surface area contributed by atoms with Gasteiger partial charge in [0.2, 0.25) is 11.8 Å². The zero-order chi connectivity index (χ0) is 14.6. The summed E-state index contributed by atoms with van der Waals surface area (Å²) in [6, 6.07) is 2.68. The van der Waals surface area contributed by atoms with Crippen LogP contribution < -0.4 is 10.1 Å². The second-order valence-electron chi connectivity index (χ2n) is 3.55. The van der Waals surface area contributed by atoms with Crippen LogP contribution in [-0.2, 0) is 0 Å². The van der Waals surface area contributed by atoms with Gasteiger partial charge in [-0.15, -0.1) is 0 Å². The summed E-state index contributed by atoms with van der Waals surface area (Å²) < 4.78 is 40.8. The Balaban J connectivity index is 2.12. The summed E-state index contributed by atoms with van der Waals surface area (Å²) in [5, 5.41) is 8.20. The zero-order valence-corrected chi connectivity index (χ0v) is 9.81. The Hall–Kier alpha value is -2.65. The number of hydrogen-bond acceptors (Lipinski definition) is 5. The predicted molar refractivity (Wildman–Crippen MR) is 60.1 cm³/mol. The fourth-order valence-electron chi connectivity index (χ4n) is 1.27. The molecule has 0 unspecified atom stereocenters. The van der Waals surface area contributed by atoms with E-state index in [4.69, 9.17) is 0 Å². The molecule has 10 heteroatoms. The number of carbonyl (C=O) groups excluding carboxylic acids is 1. The minimum Gasteiger partial charge on any atom is -0.467 e.